The molecule has 8 bridgehead atoms. The van der Waals surface area contributed by atoms with E-state index in [9.17, 15) is 14.7 Å². The van der Waals surface area contributed by atoms with E-state index in [1.165, 1.54) is 12.1 Å². The number of aromatic amines is 1. The maximum atomic E-state index is 14.3. The molecule has 1 atom stereocenters. The number of benzene rings is 4. The van der Waals surface area contributed by atoms with Crippen LogP contribution in [0.3, 0.4) is 0 Å². The highest BCUT2D eigenvalue weighted by atomic mass is 16.5. The highest BCUT2D eigenvalue weighted by Gasteiger charge is 2.34. The second-order valence-corrected chi connectivity index (χ2v) is 11.6. The molecule has 48 heavy (non-hydrogen) atoms. The summed E-state index contributed by atoms with van der Waals surface area (Å²) in [5.41, 5.74) is 4.81. The maximum Gasteiger partial charge on any atom is 0.272 e. The van der Waals surface area contributed by atoms with Crippen molar-refractivity contribution in [3.8, 4) is 45.8 Å². The minimum Gasteiger partial charge on any atom is -0.507 e. The summed E-state index contributed by atoms with van der Waals surface area (Å²) in [6, 6.07) is 24.9. The lowest BCUT2D eigenvalue weighted by Crippen LogP contribution is -2.40. The average Bonchev–Trinajstić information content (AvgIpc) is 3.61. The quantitative estimate of drug-likeness (QED) is 0.220. The molecule has 5 aromatic rings. The maximum absolute atomic E-state index is 14.3. The highest BCUT2D eigenvalue weighted by molar-refractivity contribution is 5.97. The molecule has 11 heteroatoms. The molecule has 11 nitrogen and oxygen atoms in total. The Hall–Kier alpha value is -5.97. The fraction of sp³-hybridized carbons (Fsp3) is 0.216. The van der Waals surface area contributed by atoms with Crippen LogP contribution in [0, 0.1) is 0 Å². The Bertz CT molecular complexity index is 1990. The molecule has 4 heterocycles. The van der Waals surface area contributed by atoms with Gasteiger partial charge >= 0.3 is 0 Å². The summed E-state index contributed by atoms with van der Waals surface area (Å²) in [5.74, 6) is 2.05. The van der Waals surface area contributed by atoms with Crippen LogP contribution in [0.2, 0.25) is 0 Å². The zero-order valence-corrected chi connectivity index (χ0v) is 26.5. The Labute approximate surface area is 277 Å². The Balaban J connectivity index is 1.28. The number of fused-ring (bicyclic) bond motifs is 6. The van der Waals surface area contributed by atoms with Crippen molar-refractivity contribution in [3.63, 3.8) is 0 Å². The lowest BCUT2D eigenvalue weighted by Gasteiger charge is -2.38. The number of amides is 2. The summed E-state index contributed by atoms with van der Waals surface area (Å²) in [7, 11) is 3.19. The molecule has 0 saturated heterocycles. The zero-order valence-electron chi connectivity index (χ0n) is 26.5. The van der Waals surface area contributed by atoms with Gasteiger partial charge < -0.3 is 34.3 Å². The summed E-state index contributed by atoms with van der Waals surface area (Å²) < 4.78 is 23.2. The number of nitrogens with one attached hydrogen (secondary N) is 2. The van der Waals surface area contributed by atoms with Gasteiger partial charge in [-0.25, -0.2) is 0 Å². The molecular formula is C37H34N4O7. The van der Waals surface area contributed by atoms with E-state index >= 15 is 0 Å². The number of phenols is 1. The molecule has 1 aromatic heterocycles. The Kier molecular flexibility index (Phi) is 8.33. The second-order valence-electron chi connectivity index (χ2n) is 11.6. The number of hydrogen-bond donors (Lipinski definition) is 3. The van der Waals surface area contributed by atoms with Crippen molar-refractivity contribution < 1.29 is 33.6 Å². The van der Waals surface area contributed by atoms with Crippen LogP contribution in [0.15, 0.2) is 84.9 Å². The van der Waals surface area contributed by atoms with E-state index in [2.05, 4.69) is 15.5 Å². The van der Waals surface area contributed by atoms with Crippen molar-refractivity contribution in [2.75, 3.05) is 33.9 Å². The van der Waals surface area contributed by atoms with Crippen LogP contribution < -0.4 is 24.3 Å². The standard InChI is InChI=1S/C37H34N4O7/c1-45-25-7-4-22(5-8-25)30-21-31(40-39-30)37(44)41-16-14-23-18-26-9-11-28(23)35(41)24-6-13-33(46-2)34(19-24)47-17-3-15-38-36(43)29-20-27(48-26)10-12-32(29)42/h4-13,18-21,35,42H,3,14-17H2,1-2H3,(H,38,43)(H,39,40). The largest absolute Gasteiger partial charge is 0.507 e. The number of methoxy groups -OCH3 is 2. The van der Waals surface area contributed by atoms with Gasteiger partial charge in [0.1, 0.15) is 28.7 Å². The number of rotatable bonds is 4. The number of nitrogens with zero attached hydrogens (tertiary/aromatic N) is 2. The third-order valence-corrected chi connectivity index (χ3v) is 8.61. The summed E-state index contributed by atoms with van der Waals surface area (Å²) in [6.45, 7) is 1.05. The van der Waals surface area contributed by atoms with E-state index < -0.39 is 11.9 Å². The molecule has 3 N–H and O–H groups in total. The Morgan fingerprint density at radius 3 is 2.58 bits per heavy atom. The molecule has 0 saturated carbocycles. The van der Waals surface area contributed by atoms with Gasteiger partial charge in [0.2, 0.25) is 0 Å². The molecule has 0 spiro atoms. The lowest BCUT2D eigenvalue weighted by molar-refractivity contribution is 0.0688. The van der Waals surface area contributed by atoms with Crippen molar-refractivity contribution in [2.24, 2.45) is 0 Å². The molecule has 4 aromatic carbocycles. The van der Waals surface area contributed by atoms with Gasteiger partial charge in [-0.3, -0.25) is 14.7 Å². The highest BCUT2D eigenvalue weighted by Crippen LogP contribution is 2.41. The van der Waals surface area contributed by atoms with Gasteiger partial charge in [-0.15, -0.1) is 0 Å². The minimum absolute atomic E-state index is 0.116. The average molecular weight is 647 g/mol. The van der Waals surface area contributed by atoms with Gasteiger partial charge in [0.15, 0.2) is 11.5 Å². The van der Waals surface area contributed by atoms with E-state index in [4.69, 9.17) is 18.9 Å². The minimum atomic E-state index is -0.449. The van der Waals surface area contributed by atoms with Crippen LogP contribution in [-0.4, -0.2) is 65.9 Å². The predicted molar refractivity (Wildman–Crippen MR) is 177 cm³/mol. The number of ether oxygens (including phenoxy) is 4. The summed E-state index contributed by atoms with van der Waals surface area (Å²) >= 11 is 0. The molecule has 0 radical (unpaired) electrons. The third-order valence-electron chi connectivity index (χ3n) is 8.61. The van der Waals surface area contributed by atoms with E-state index in [0.29, 0.717) is 66.9 Å². The van der Waals surface area contributed by atoms with Gasteiger partial charge in [-0.05, 0) is 102 Å². The number of carbonyl (C=O) groups is 2. The van der Waals surface area contributed by atoms with Crippen LogP contribution >= 0.6 is 0 Å². The number of H-pyrrole nitrogens is 1. The summed E-state index contributed by atoms with van der Waals surface area (Å²) in [5, 5.41) is 20.6. The van der Waals surface area contributed by atoms with Crippen molar-refractivity contribution in [1.29, 1.82) is 0 Å². The molecule has 1 unspecified atom stereocenters. The van der Waals surface area contributed by atoms with Crippen LogP contribution in [0.4, 0.5) is 0 Å². The fourth-order valence-corrected chi connectivity index (χ4v) is 6.16. The normalized spacial score (nSPS) is 15.8. The molecule has 0 fully saturated rings. The molecule has 0 aliphatic carbocycles. The van der Waals surface area contributed by atoms with E-state index in [1.54, 1.807) is 26.4 Å². The van der Waals surface area contributed by atoms with E-state index in [0.717, 1.165) is 28.0 Å². The molecule has 2 amide bonds. The zero-order chi connectivity index (χ0) is 33.2. The molecule has 3 aliphatic heterocycles. The monoisotopic (exact) mass is 646 g/mol. The van der Waals surface area contributed by atoms with Crippen LogP contribution in [-0.2, 0) is 6.42 Å². The molecular weight excluding hydrogens is 612 g/mol. The Morgan fingerprint density at radius 1 is 0.958 bits per heavy atom. The first-order valence-electron chi connectivity index (χ1n) is 15.7. The number of aromatic nitrogens is 2. The van der Waals surface area contributed by atoms with Gasteiger partial charge in [0.05, 0.1) is 38.1 Å². The SMILES string of the molecule is COc1ccc(-c2cc(C(=O)N3CCc4cc5ccc4C3c3ccc(OC)c(c3)OCCCNC(=O)c3cc(ccc3O)O5)[nH]n2)cc1. The number of aromatic hydroxyl groups is 1. The second kappa shape index (κ2) is 13.0. The Morgan fingerprint density at radius 2 is 1.77 bits per heavy atom. The number of carbonyl (C=O) groups excluding carboxylic acids is 2. The van der Waals surface area contributed by atoms with Crippen molar-refractivity contribution in [2.45, 2.75) is 18.9 Å². The summed E-state index contributed by atoms with van der Waals surface area (Å²) in [4.78, 5) is 29.0. The van der Waals surface area contributed by atoms with Gasteiger partial charge in [0.25, 0.3) is 11.8 Å². The first-order valence-corrected chi connectivity index (χ1v) is 15.7. The third kappa shape index (κ3) is 5.97. The number of hydrogen-bond acceptors (Lipinski definition) is 8. The topological polar surface area (TPSA) is 135 Å². The van der Waals surface area contributed by atoms with Crippen LogP contribution in [0.1, 0.15) is 50.0 Å². The van der Waals surface area contributed by atoms with Crippen molar-refractivity contribution in [3.05, 3.63) is 113 Å². The van der Waals surface area contributed by atoms with Crippen LogP contribution in [0.5, 0.6) is 34.5 Å². The van der Waals surface area contributed by atoms with Gasteiger partial charge in [-0.2, -0.15) is 5.10 Å². The van der Waals surface area contributed by atoms with E-state index in [-0.39, 0.29) is 17.2 Å². The lowest BCUT2D eigenvalue weighted by atomic mass is 9.87. The predicted octanol–water partition coefficient (Wildman–Crippen LogP) is 5.89. The summed E-state index contributed by atoms with van der Waals surface area (Å²) in [6.07, 6.45) is 1.09. The smallest absolute Gasteiger partial charge is 0.272 e. The number of phenolic OH excluding ortho intramolecular Hbond substituents is 1. The first-order chi connectivity index (χ1) is 23.4. The van der Waals surface area contributed by atoms with Crippen molar-refractivity contribution in [1.82, 2.24) is 20.4 Å². The fourth-order valence-electron chi connectivity index (χ4n) is 6.16. The van der Waals surface area contributed by atoms with Crippen LogP contribution in [0.25, 0.3) is 11.3 Å². The van der Waals surface area contributed by atoms with Gasteiger partial charge in [-0.1, -0.05) is 12.1 Å². The molecule has 8 rings (SSSR count). The molecule has 244 valence electrons. The van der Waals surface area contributed by atoms with E-state index in [1.807, 2.05) is 65.6 Å². The molecule has 3 aliphatic rings. The van der Waals surface area contributed by atoms with Crippen molar-refractivity contribution >= 4 is 11.8 Å². The first kappa shape index (κ1) is 30.7. The van der Waals surface area contributed by atoms with Gasteiger partial charge in [0, 0.05) is 18.7 Å².